The fraction of sp³-hybridized carbons (Fsp3) is 0.500. The lowest BCUT2D eigenvalue weighted by molar-refractivity contribution is -0.139. The molecule has 1 aromatic rings. The zero-order chi connectivity index (χ0) is 14.9. The zero-order valence-corrected chi connectivity index (χ0v) is 11.9. The van der Waals surface area contributed by atoms with E-state index in [-0.39, 0.29) is 17.7 Å². The Kier molecular flexibility index (Phi) is 3.68. The second kappa shape index (κ2) is 5.48. The Morgan fingerprint density at radius 2 is 2.05 bits per heavy atom. The fourth-order valence-corrected chi connectivity index (χ4v) is 3.25. The van der Waals surface area contributed by atoms with Crippen molar-refractivity contribution < 1.29 is 14.7 Å². The van der Waals surface area contributed by atoms with E-state index in [1.54, 1.807) is 0 Å². The van der Waals surface area contributed by atoms with E-state index in [0.29, 0.717) is 25.8 Å². The lowest BCUT2D eigenvalue weighted by Gasteiger charge is -2.27. The number of benzene rings is 1. The molecule has 5 nitrogen and oxygen atoms in total. The number of anilines is 1. The molecule has 0 radical (unpaired) electrons. The minimum absolute atomic E-state index is 0.0347. The molecule has 1 fully saturated rings. The molecule has 3 N–H and O–H groups in total. The van der Waals surface area contributed by atoms with Gasteiger partial charge in [0.1, 0.15) is 5.60 Å². The van der Waals surface area contributed by atoms with Crippen molar-refractivity contribution in [3.8, 4) is 0 Å². The fourth-order valence-electron chi connectivity index (χ4n) is 3.25. The van der Waals surface area contributed by atoms with E-state index in [4.69, 9.17) is 0 Å². The Morgan fingerprint density at radius 3 is 2.81 bits per heavy atom. The Hall–Kier alpha value is -1.88. The third kappa shape index (κ3) is 2.78. The topological polar surface area (TPSA) is 78.4 Å². The van der Waals surface area contributed by atoms with Crippen molar-refractivity contribution in [3.05, 3.63) is 29.8 Å². The van der Waals surface area contributed by atoms with Crippen molar-refractivity contribution in [2.75, 3.05) is 11.9 Å². The first-order valence-electron chi connectivity index (χ1n) is 7.48. The first-order chi connectivity index (χ1) is 10.1. The third-order valence-corrected chi connectivity index (χ3v) is 4.47. The van der Waals surface area contributed by atoms with Crippen LogP contribution in [0.5, 0.6) is 0 Å². The number of para-hydroxylation sites is 1. The highest BCUT2D eigenvalue weighted by Crippen LogP contribution is 2.32. The molecule has 5 heteroatoms. The van der Waals surface area contributed by atoms with Gasteiger partial charge in [-0.15, -0.1) is 0 Å². The summed E-state index contributed by atoms with van der Waals surface area (Å²) in [6.07, 6.45) is 3.19. The monoisotopic (exact) mass is 288 g/mol. The van der Waals surface area contributed by atoms with Crippen LogP contribution in [0.15, 0.2) is 24.3 Å². The quantitative estimate of drug-likeness (QED) is 0.789. The van der Waals surface area contributed by atoms with E-state index in [9.17, 15) is 14.7 Å². The summed E-state index contributed by atoms with van der Waals surface area (Å²) >= 11 is 0. The smallest absolute Gasteiger partial charge is 0.251 e. The predicted octanol–water partition coefficient (Wildman–Crippen LogP) is 1.53. The van der Waals surface area contributed by atoms with E-state index >= 15 is 0 Å². The number of nitrogens with one attached hydrogen (secondary N) is 2. The molecule has 0 saturated heterocycles. The van der Waals surface area contributed by atoms with E-state index < -0.39 is 5.60 Å². The van der Waals surface area contributed by atoms with Crippen LogP contribution in [-0.2, 0) is 9.59 Å². The summed E-state index contributed by atoms with van der Waals surface area (Å²) in [6, 6.07) is 7.64. The summed E-state index contributed by atoms with van der Waals surface area (Å²) in [5.74, 6) is -0.375. The van der Waals surface area contributed by atoms with Gasteiger partial charge in [0.2, 0.25) is 5.91 Å². The van der Waals surface area contributed by atoms with Gasteiger partial charge in [-0.3, -0.25) is 9.59 Å². The molecule has 0 aromatic heterocycles. The molecule has 112 valence electrons. The molecular formula is C16H20N2O3. The average molecular weight is 288 g/mol. The largest absolute Gasteiger partial charge is 0.380 e. The van der Waals surface area contributed by atoms with Gasteiger partial charge in [0.05, 0.1) is 0 Å². The lowest BCUT2D eigenvalue weighted by Crippen LogP contribution is -2.46. The highest BCUT2D eigenvalue weighted by Gasteiger charge is 2.39. The van der Waals surface area contributed by atoms with Gasteiger partial charge in [0.25, 0.3) is 5.91 Å². The van der Waals surface area contributed by atoms with Crippen LogP contribution in [0, 0.1) is 0 Å². The number of carbonyl (C=O) groups excluding carboxylic acids is 2. The molecule has 1 heterocycles. The van der Waals surface area contributed by atoms with E-state index in [1.807, 2.05) is 24.3 Å². The molecular weight excluding hydrogens is 268 g/mol. The maximum absolute atomic E-state index is 12.1. The third-order valence-electron chi connectivity index (χ3n) is 4.47. The molecule has 1 aliphatic carbocycles. The Morgan fingerprint density at radius 1 is 1.33 bits per heavy atom. The Labute approximate surface area is 123 Å². The SMILES string of the molecule is O=C1CC(CNC(=O)C2(O)CCCC2)c2ccccc2N1. The van der Waals surface area contributed by atoms with Gasteiger partial charge < -0.3 is 15.7 Å². The minimum atomic E-state index is -1.21. The van der Waals surface area contributed by atoms with Crippen LogP contribution in [0.4, 0.5) is 5.69 Å². The van der Waals surface area contributed by atoms with Gasteiger partial charge in [-0.25, -0.2) is 0 Å². The molecule has 21 heavy (non-hydrogen) atoms. The molecule has 2 aliphatic rings. The second-order valence-corrected chi connectivity index (χ2v) is 5.99. The molecule has 1 aromatic carbocycles. The van der Waals surface area contributed by atoms with Gasteiger partial charge in [0, 0.05) is 24.6 Å². The summed E-state index contributed by atoms with van der Waals surface area (Å²) in [5, 5.41) is 15.9. The lowest BCUT2D eigenvalue weighted by atomic mass is 9.90. The second-order valence-electron chi connectivity index (χ2n) is 5.99. The number of carbonyl (C=O) groups is 2. The highest BCUT2D eigenvalue weighted by atomic mass is 16.3. The first kappa shape index (κ1) is 14.1. The summed E-state index contributed by atoms with van der Waals surface area (Å²) < 4.78 is 0. The van der Waals surface area contributed by atoms with Crippen LogP contribution in [0.1, 0.15) is 43.6 Å². The number of aliphatic hydroxyl groups is 1. The molecule has 1 aliphatic heterocycles. The van der Waals surface area contributed by atoms with Crippen molar-refractivity contribution in [2.45, 2.75) is 43.6 Å². The van der Waals surface area contributed by atoms with Gasteiger partial charge in [0.15, 0.2) is 0 Å². The van der Waals surface area contributed by atoms with Crippen LogP contribution in [-0.4, -0.2) is 29.1 Å². The highest BCUT2D eigenvalue weighted by molar-refractivity contribution is 5.95. The van der Waals surface area contributed by atoms with Crippen LogP contribution in [0.3, 0.4) is 0 Å². The van der Waals surface area contributed by atoms with Crippen molar-refractivity contribution in [3.63, 3.8) is 0 Å². The summed E-state index contributed by atoms with van der Waals surface area (Å²) in [4.78, 5) is 23.9. The number of fused-ring (bicyclic) bond motifs is 1. The molecule has 3 rings (SSSR count). The zero-order valence-electron chi connectivity index (χ0n) is 11.9. The molecule has 2 amide bonds. The molecule has 1 atom stereocenters. The molecule has 0 spiro atoms. The number of hydrogen-bond acceptors (Lipinski definition) is 3. The van der Waals surface area contributed by atoms with Crippen LogP contribution in [0.25, 0.3) is 0 Å². The van der Waals surface area contributed by atoms with Crippen LogP contribution >= 0.6 is 0 Å². The standard InChI is InChI=1S/C16H20N2O3/c19-14-9-11(12-5-1-2-6-13(12)18-14)10-17-15(20)16(21)7-3-4-8-16/h1-2,5-6,11,21H,3-4,7-10H2,(H,17,20)(H,18,19). The van der Waals surface area contributed by atoms with E-state index in [0.717, 1.165) is 24.1 Å². The molecule has 1 saturated carbocycles. The van der Waals surface area contributed by atoms with E-state index in [1.165, 1.54) is 0 Å². The maximum atomic E-state index is 12.1. The molecule has 1 unspecified atom stereocenters. The maximum Gasteiger partial charge on any atom is 0.251 e. The first-order valence-corrected chi connectivity index (χ1v) is 7.48. The number of hydrogen-bond donors (Lipinski definition) is 3. The summed E-state index contributed by atoms with van der Waals surface area (Å²) in [7, 11) is 0. The van der Waals surface area contributed by atoms with Crippen LogP contribution < -0.4 is 10.6 Å². The summed E-state index contributed by atoms with van der Waals surface area (Å²) in [5.41, 5.74) is 0.638. The normalized spacial score (nSPS) is 23.3. The van der Waals surface area contributed by atoms with Gasteiger partial charge in [-0.2, -0.15) is 0 Å². The van der Waals surface area contributed by atoms with Crippen molar-refractivity contribution >= 4 is 17.5 Å². The van der Waals surface area contributed by atoms with Crippen molar-refractivity contribution in [2.24, 2.45) is 0 Å². The van der Waals surface area contributed by atoms with Crippen molar-refractivity contribution in [1.82, 2.24) is 5.32 Å². The Balaban J connectivity index is 1.68. The van der Waals surface area contributed by atoms with Gasteiger partial charge in [-0.05, 0) is 37.3 Å². The van der Waals surface area contributed by atoms with E-state index in [2.05, 4.69) is 10.6 Å². The number of amides is 2. The number of rotatable bonds is 3. The van der Waals surface area contributed by atoms with Gasteiger partial charge in [-0.1, -0.05) is 18.2 Å². The van der Waals surface area contributed by atoms with Crippen LogP contribution in [0.2, 0.25) is 0 Å². The van der Waals surface area contributed by atoms with Gasteiger partial charge >= 0.3 is 0 Å². The average Bonchev–Trinajstić information content (AvgIpc) is 2.92. The minimum Gasteiger partial charge on any atom is -0.380 e. The predicted molar refractivity (Wildman–Crippen MR) is 78.9 cm³/mol. The summed E-state index contributed by atoms with van der Waals surface area (Å²) in [6.45, 7) is 0.381. The molecule has 0 bridgehead atoms. The Bertz CT molecular complexity index is 564. The van der Waals surface area contributed by atoms with Crippen molar-refractivity contribution in [1.29, 1.82) is 0 Å².